The minimum atomic E-state index is -3.59. The highest BCUT2D eigenvalue weighted by Crippen LogP contribution is 2.42. The maximum atomic E-state index is 13.2. The molecule has 3 heterocycles. The summed E-state index contributed by atoms with van der Waals surface area (Å²) in [5.41, 5.74) is 0.498. The van der Waals surface area contributed by atoms with E-state index in [1.54, 1.807) is 47.8 Å². The number of carbonyl (C=O) groups is 1. The lowest BCUT2D eigenvalue weighted by Gasteiger charge is -2.38. The lowest BCUT2D eigenvalue weighted by atomic mass is 9.78. The Morgan fingerprint density at radius 2 is 1.71 bits per heavy atom. The van der Waals surface area contributed by atoms with Crippen molar-refractivity contribution in [2.75, 3.05) is 40.4 Å². The molecule has 1 aromatic heterocycles. The van der Waals surface area contributed by atoms with Gasteiger partial charge in [0.25, 0.3) is 5.91 Å². The minimum absolute atomic E-state index is 0.0697. The number of fused-ring (bicyclic) bond motifs is 1. The average molecular weight is 485 g/mol. The van der Waals surface area contributed by atoms with Crippen molar-refractivity contribution >= 4 is 26.9 Å². The van der Waals surface area contributed by atoms with Crippen LogP contribution in [-0.2, 0) is 10.0 Å². The van der Waals surface area contributed by atoms with Crippen molar-refractivity contribution in [2.24, 2.45) is 5.41 Å². The molecule has 0 atom stereocenters. The van der Waals surface area contributed by atoms with Gasteiger partial charge < -0.3 is 18.8 Å². The first-order valence-corrected chi connectivity index (χ1v) is 12.8. The van der Waals surface area contributed by atoms with Crippen LogP contribution in [0, 0.1) is 5.41 Å². The molecule has 0 bridgehead atoms. The predicted molar refractivity (Wildman–Crippen MR) is 127 cm³/mol. The summed E-state index contributed by atoms with van der Waals surface area (Å²) in [6.45, 7) is 2.11. The topological polar surface area (TPSA) is 89.3 Å². The summed E-state index contributed by atoms with van der Waals surface area (Å²) in [4.78, 5) is 15.3. The molecule has 0 unspecified atom stereocenters. The van der Waals surface area contributed by atoms with Gasteiger partial charge in [-0.05, 0) is 48.9 Å². The number of rotatable bonds is 5. The number of furan rings is 1. The molecule has 5 rings (SSSR count). The fraction of sp³-hybridized carbons (Fsp3) is 0.400. The fourth-order valence-electron chi connectivity index (χ4n) is 5.09. The van der Waals surface area contributed by atoms with Crippen molar-refractivity contribution in [3.8, 4) is 11.5 Å². The number of nitrogens with zero attached hydrogens (tertiary/aromatic N) is 2. The van der Waals surface area contributed by atoms with E-state index in [2.05, 4.69) is 0 Å². The Labute approximate surface area is 199 Å². The van der Waals surface area contributed by atoms with Crippen LogP contribution in [0.4, 0.5) is 0 Å². The number of para-hydroxylation sites is 1. The molecule has 2 aromatic carbocycles. The van der Waals surface area contributed by atoms with Crippen molar-refractivity contribution in [1.29, 1.82) is 0 Å². The predicted octanol–water partition coefficient (Wildman–Crippen LogP) is 3.77. The van der Waals surface area contributed by atoms with Gasteiger partial charge in [0.05, 0.1) is 19.1 Å². The highest BCUT2D eigenvalue weighted by molar-refractivity contribution is 7.89. The highest BCUT2D eigenvalue weighted by atomic mass is 32.2. The summed E-state index contributed by atoms with van der Waals surface area (Å²) in [6.07, 6.45) is 2.29. The van der Waals surface area contributed by atoms with Gasteiger partial charge in [-0.1, -0.05) is 18.2 Å². The van der Waals surface area contributed by atoms with Crippen LogP contribution >= 0.6 is 0 Å². The number of ether oxygens (including phenoxy) is 2. The minimum Gasteiger partial charge on any atom is -0.497 e. The monoisotopic (exact) mass is 484 g/mol. The van der Waals surface area contributed by atoms with Gasteiger partial charge in [-0.25, -0.2) is 8.42 Å². The maximum absolute atomic E-state index is 13.2. The van der Waals surface area contributed by atoms with Crippen LogP contribution in [0.3, 0.4) is 0 Å². The van der Waals surface area contributed by atoms with Gasteiger partial charge in [0.1, 0.15) is 5.75 Å². The van der Waals surface area contributed by atoms with Gasteiger partial charge in [0.2, 0.25) is 10.0 Å². The largest absolute Gasteiger partial charge is 0.497 e. The SMILES string of the molecule is COc1cccc(S(=O)(=O)N2CCC3(CCN(C(=O)c4cc5cccc(OC)c5o4)C3)CC2)c1. The Hall–Kier alpha value is -3.04. The third kappa shape index (κ3) is 3.92. The van der Waals surface area contributed by atoms with Gasteiger partial charge in [0, 0.05) is 37.6 Å². The van der Waals surface area contributed by atoms with E-state index in [9.17, 15) is 13.2 Å². The van der Waals surface area contributed by atoms with Crippen LogP contribution in [0.15, 0.2) is 57.8 Å². The molecule has 34 heavy (non-hydrogen) atoms. The first-order valence-electron chi connectivity index (χ1n) is 11.4. The number of sulfonamides is 1. The van der Waals surface area contributed by atoms with E-state index in [0.717, 1.165) is 11.8 Å². The molecule has 8 nitrogen and oxygen atoms in total. The third-order valence-corrected chi connectivity index (χ3v) is 9.02. The van der Waals surface area contributed by atoms with Crippen LogP contribution in [0.5, 0.6) is 11.5 Å². The second kappa shape index (κ2) is 8.63. The van der Waals surface area contributed by atoms with Crippen LogP contribution in [-0.4, -0.2) is 63.9 Å². The van der Waals surface area contributed by atoms with Crippen LogP contribution in [0.2, 0.25) is 0 Å². The summed E-state index contributed by atoms with van der Waals surface area (Å²) in [5.74, 6) is 1.28. The van der Waals surface area contributed by atoms with Crippen molar-refractivity contribution < 1.29 is 27.1 Å². The molecule has 1 spiro atoms. The molecule has 0 radical (unpaired) electrons. The number of benzene rings is 2. The summed E-state index contributed by atoms with van der Waals surface area (Å²) < 4.78 is 44.2. The number of likely N-dealkylation sites (tertiary alicyclic amines) is 1. The number of hydrogen-bond donors (Lipinski definition) is 0. The second-order valence-electron chi connectivity index (χ2n) is 9.05. The van der Waals surface area contributed by atoms with Crippen molar-refractivity contribution in [3.63, 3.8) is 0 Å². The molecule has 0 saturated carbocycles. The Bertz CT molecular complexity index is 1320. The van der Waals surface area contributed by atoms with Gasteiger partial charge in [-0.3, -0.25) is 4.79 Å². The highest BCUT2D eigenvalue weighted by Gasteiger charge is 2.44. The second-order valence-corrected chi connectivity index (χ2v) is 11.0. The lowest BCUT2D eigenvalue weighted by molar-refractivity contribution is 0.0722. The number of hydrogen-bond acceptors (Lipinski definition) is 6. The van der Waals surface area contributed by atoms with Crippen LogP contribution in [0.1, 0.15) is 29.8 Å². The zero-order valence-corrected chi connectivity index (χ0v) is 20.1. The maximum Gasteiger partial charge on any atom is 0.289 e. The summed E-state index contributed by atoms with van der Waals surface area (Å²) >= 11 is 0. The number of carbonyl (C=O) groups excluding carboxylic acids is 1. The lowest BCUT2D eigenvalue weighted by Crippen LogP contribution is -2.44. The van der Waals surface area contributed by atoms with E-state index in [1.165, 1.54) is 7.11 Å². The quantitative estimate of drug-likeness (QED) is 0.548. The molecule has 180 valence electrons. The molecule has 0 aliphatic carbocycles. The van der Waals surface area contributed by atoms with Gasteiger partial charge >= 0.3 is 0 Å². The van der Waals surface area contributed by atoms with E-state index in [-0.39, 0.29) is 16.2 Å². The summed E-state index contributed by atoms with van der Waals surface area (Å²) in [5, 5.41) is 0.827. The van der Waals surface area contributed by atoms with Gasteiger partial charge in [-0.2, -0.15) is 4.31 Å². The van der Waals surface area contributed by atoms with Crippen molar-refractivity contribution in [2.45, 2.75) is 24.2 Å². The number of amides is 1. The zero-order valence-electron chi connectivity index (χ0n) is 19.3. The average Bonchev–Trinajstić information content (AvgIpc) is 3.48. The molecule has 3 aromatic rings. The smallest absolute Gasteiger partial charge is 0.289 e. The van der Waals surface area contributed by atoms with Gasteiger partial charge in [0.15, 0.2) is 17.1 Å². The number of piperidine rings is 1. The zero-order chi connectivity index (χ0) is 23.9. The molecule has 2 aliphatic heterocycles. The molecule has 2 aliphatic rings. The first kappa shape index (κ1) is 22.7. The standard InChI is InChI=1S/C25H28N2O6S/c1-31-19-6-4-7-20(16-19)34(29,30)27-13-10-25(11-14-27)9-12-26(17-25)24(28)22-15-18-5-3-8-21(32-2)23(18)33-22/h3-8,15-16H,9-14,17H2,1-2H3. The number of methoxy groups -OCH3 is 2. The molecule has 9 heteroatoms. The van der Waals surface area contributed by atoms with E-state index >= 15 is 0 Å². The molecular weight excluding hydrogens is 456 g/mol. The Kier molecular flexibility index (Phi) is 5.77. The van der Waals surface area contributed by atoms with Crippen LogP contribution in [0.25, 0.3) is 11.0 Å². The molecule has 0 N–H and O–H groups in total. The van der Waals surface area contributed by atoms with E-state index in [4.69, 9.17) is 13.9 Å². The Morgan fingerprint density at radius 3 is 2.44 bits per heavy atom. The summed E-state index contributed by atoms with van der Waals surface area (Å²) in [6, 6.07) is 13.9. The Balaban J connectivity index is 1.27. The Morgan fingerprint density at radius 1 is 0.971 bits per heavy atom. The summed E-state index contributed by atoms with van der Waals surface area (Å²) in [7, 11) is -0.497. The fourth-order valence-corrected chi connectivity index (χ4v) is 6.56. The molecule has 1 amide bonds. The van der Waals surface area contributed by atoms with Crippen molar-refractivity contribution in [1.82, 2.24) is 9.21 Å². The van der Waals surface area contributed by atoms with E-state index in [0.29, 0.717) is 61.9 Å². The van der Waals surface area contributed by atoms with E-state index in [1.807, 2.05) is 17.0 Å². The van der Waals surface area contributed by atoms with Crippen LogP contribution < -0.4 is 9.47 Å². The molecule has 2 fully saturated rings. The normalized spacial score (nSPS) is 18.5. The molecule has 2 saturated heterocycles. The first-order chi connectivity index (χ1) is 16.3. The van der Waals surface area contributed by atoms with Gasteiger partial charge in [-0.15, -0.1) is 0 Å². The third-order valence-electron chi connectivity index (χ3n) is 7.13. The van der Waals surface area contributed by atoms with Crippen molar-refractivity contribution in [3.05, 3.63) is 54.3 Å². The molecular formula is C25H28N2O6S. The van der Waals surface area contributed by atoms with E-state index < -0.39 is 10.0 Å².